The summed E-state index contributed by atoms with van der Waals surface area (Å²) in [4.78, 5) is 1.09. The second-order valence-corrected chi connectivity index (χ2v) is 5.06. The van der Waals surface area contributed by atoms with Crippen molar-refractivity contribution in [2.45, 2.75) is 6.54 Å². The Morgan fingerprint density at radius 2 is 1.88 bits per heavy atom. The van der Waals surface area contributed by atoms with E-state index < -0.39 is 11.6 Å². The van der Waals surface area contributed by atoms with Crippen molar-refractivity contribution in [1.29, 1.82) is 0 Å². The number of halogens is 3. The van der Waals surface area contributed by atoms with Gasteiger partial charge in [-0.05, 0) is 39.5 Å². The average molecular weight is 304 g/mol. The zero-order valence-corrected chi connectivity index (χ0v) is 10.5. The quantitative estimate of drug-likeness (QED) is 0.886. The highest BCUT2D eigenvalue weighted by atomic mass is 79.9. The minimum Gasteiger partial charge on any atom is -0.380 e. The third kappa shape index (κ3) is 2.80. The number of hydrogen-bond donors (Lipinski definition) is 1. The maximum absolute atomic E-state index is 12.9. The molecule has 0 spiro atoms. The summed E-state index contributed by atoms with van der Waals surface area (Å²) in [6.45, 7) is 0.543. The minimum atomic E-state index is -0.576. The van der Waals surface area contributed by atoms with E-state index in [0.29, 0.717) is 12.2 Å². The molecule has 0 saturated heterocycles. The third-order valence-corrected chi connectivity index (χ3v) is 3.93. The Kier molecular flexibility index (Phi) is 3.56. The lowest BCUT2D eigenvalue weighted by Gasteiger charge is -2.05. The zero-order chi connectivity index (χ0) is 11.5. The molecule has 0 aliphatic carbocycles. The topological polar surface area (TPSA) is 12.0 Å². The van der Waals surface area contributed by atoms with Crippen LogP contribution in [0, 0.1) is 11.6 Å². The summed E-state index contributed by atoms with van der Waals surface area (Å²) in [7, 11) is 0. The lowest BCUT2D eigenvalue weighted by Crippen LogP contribution is -1.99. The zero-order valence-electron chi connectivity index (χ0n) is 8.14. The molecule has 0 radical (unpaired) electrons. The molecular weight excluding hydrogens is 296 g/mol. The fraction of sp³-hybridized carbons (Fsp3) is 0.0909. The molecule has 5 heteroatoms. The summed E-state index contributed by atoms with van der Waals surface area (Å²) in [5.74, 6) is -1.15. The molecule has 2 aromatic rings. The summed E-state index contributed by atoms with van der Waals surface area (Å²) in [5, 5.41) is 4.92. The first-order valence-electron chi connectivity index (χ1n) is 4.57. The summed E-state index contributed by atoms with van der Waals surface area (Å²) >= 11 is 4.97. The Hall–Kier alpha value is -0.940. The molecule has 84 valence electrons. The molecule has 1 heterocycles. The largest absolute Gasteiger partial charge is 0.380 e. The van der Waals surface area contributed by atoms with E-state index in [1.165, 1.54) is 12.1 Å². The van der Waals surface area contributed by atoms with Gasteiger partial charge in [-0.2, -0.15) is 0 Å². The first-order valence-corrected chi connectivity index (χ1v) is 6.24. The van der Waals surface area contributed by atoms with Crippen molar-refractivity contribution in [1.82, 2.24) is 0 Å². The highest BCUT2D eigenvalue weighted by Crippen LogP contribution is 2.24. The van der Waals surface area contributed by atoms with Gasteiger partial charge in [0.1, 0.15) is 11.6 Å². The molecule has 1 aromatic heterocycles. The van der Waals surface area contributed by atoms with Crippen molar-refractivity contribution >= 4 is 33.0 Å². The van der Waals surface area contributed by atoms with E-state index in [2.05, 4.69) is 21.2 Å². The van der Waals surface area contributed by atoms with Crippen LogP contribution in [0.2, 0.25) is 0 Å². The second-order valence-electron chi connectivity index (χ2n) is 3.20. The normalized spacial score (nSPS) is 10.4. The SMILES string of the molecule is Fc1cc(F)cc(NCc2sccc2Br)c1. The molecule has 0 atom stereocenters. The van der Waals surface area contributed by atoms with Crippen LogP contribution in [0.1, 0.15) is 4.88 Å². The predicted molar refractivity (Wildman–Crippen MR) is 65.7 cm³/mol. The van der Waals surface area contributed by atoms with Gasteiger partial charge < -0.3 is 5.32 Å². The molecule has 0 unspecified atom stereocenters. The monoisotopic (exact) mass is 303 g/mol. The first-order chi connectivity index (χ1) is 7.65. The molecule has 1 N–H and O–H groups in total. The average Bonchev–Trinajstić information content (AvgIpc) is 2.59. The minimum absolute atomic E-state index is 0.442. The Labute approximate surface area is 104 Å². The van der Waals surface area contributed by atoms with Gasteiger partial charge >= 0.3 is 0 Å². The van der Waals surface area contributed by atoms with Gasteiger partial charge in [-0.15, -0.1) is 11.3 Å². The van der Waals surface area contributed by atoms with Crippen LogP contribution in [0.15, 0.2) is 34.1 Å². The Bertz CT molecular complexity index is 478. The van der Waals surface area contributed by atoms with Crippen molar-refractivity contribution < 1.29 is 8.78 Å². The van der Waals surface area contributed by atoms with Gasteiger partial charge in [0.2, 0.25) is 0 Å². The van der Waals surface area contributed by atoms with Gasteiger partial charge in [0.05, 0.1) is 6.54 Å². The molecule has 0 aliphatic heterocycles. The van der Waals surface area contributed by atoms with Gasteiger partial charge in [0.25, 0.3) is 0 Å². The summed E-state index contributed by atoms with van der Waals surface area (Å²) in [6.07, 6.45) is 0. The molecule has 1 aromatic carbocycles. The van der Waals surface area contributed by atoms with Crippen LogP contribution in [-0.4, -0.2) is 0 Å². The maximum Gasteiger partial charge on any atom is 0.128 e. The predicted octanol–water partition coefficient (Wildman–Crippen LogP) is 4.40. The summed E-state index contributed by atoms with van der Waals surface area (Å²) < 4.78 is 26.8. The fourth-order valence-electron chi connectivity index (χ4n) is 1.29. The molecule has 0 bridgehead atoms. The third-order valence-electron chi connectivity index (χ3n) is 2.01. The van der Waals surface area contributed by atoms with Crippen molar-refractivity contribution in [2.24, 2.45) is 0 Å². The number of benzene rings is 1. The van der Waals surface area contributed by atoms with Gasteiger partial charge in [0, 0.05) is 21.1 Å². The van der Waals surface area contributed by atoms with Gasteiger partial charge in [-0.3, -0.25) is 0 Å². The van der Waals surface area contributed by atoms with Crippen LogP contribution in [0.4, 0.5) is 14.5 Å². The summed E-state index contributed by atoms with van der Waals surface area (Å²) in [5.41, 5.74) is 0.442. The molecule has 0 aliphatic rings. The van der Waals surface area contributed by atoms with E-state index >= 15 is 0 Å². The number of rotatable bonds is 3. The number of thiophene rings is 1. The smallest absolute Gasteiger partial charge is 0.128 e. The van der Waals surface area contributed by atoms with Crippen molar-refractivity contribution in [2.75, 3.05) is 5.32 Å². The molecule has 0 amide bonds. The van der Waals surface area contributed by atoms with Crippen LogP contribution in [0.25, 0.3) is 0 Å². The van der Waals surface area contributed by atoms with E-state index in [4.69, 9.17) is 0 Å². The van der Waals surface area contributed by atoms with Gasteiger partial charge in [-0.25, -0.2) is 8.78 Å². The van der Waals surface area contributed by atoms with Crippen molar-refractivity contribution in [3.05, 3.63) is 50.6 Å². The van der Waals surface area contributed by atoms with Crippen molar-refractivity contribution in [3.63, 3.8) is 0 Å². The first kappa shape index (κ1) is 11.5. The van der Waals surface area contributed by atoms with Crippen LogP contribution >= 0.6 is 27.3 Å². The second kappa shape index (κ2) is 4.93. The fourth-order valence-corrected chi connectivity index (χ4v) is 2.72. The number of hydrogen-bond acceptors (Lipinski definition) is 2. The van der Waals surface area contributed by atoms with E-state index in [0.717, 1.165) is 15.4 Å². The van der Waals surface area contributed by atoms with Crippen LogP contribution in [0.5, 0.6) is 0 Å². The number of anilines is 1. The summed E-state index contributed by atoms with van der Waals surface area (Å²) in [6, 6.07) is 5.33. The standard InChI is InChI=1S/C11H8BrF2NS/c12-10-1-2-16-11(10)6-15-9-4-7(13)3-8(14)5-9/h1-5,15H,6H2. The van der Waals surface area contributed by atoms with E-state index in [1.54, 1.807) is 11.3 Å². The number of nitrogens with one attached hydrogen (secondary N) is 1. The Balaban J connectivity index is 2.07. The molecule has 0 saturated carbocycles. The van der Waals surface area contributed by atoms with Crippen LogP contribution < -0.4 is 5.32 Å². The van der Waals surface area contributed by atoms with E-state index in [1.807, 2.05) is 11.4 Å². The Morgan fingerprint density at radius 3 is 2.44 bits per heavy atom. The molecule has 0 fully saturated rings. The highest BCUT2D eigenvalue weighted by molar-refractivity contribution is 9.10. The van der Waals surface area contributed by atoms with Crippen LogP contribution in [0.3, 0.4) is 0 Å². The van der Waals surface area contributed by atoms with Crippen molar-refractivity contribution in [3.8, 4) is 0 Å². The Morgan fingerprint density at radius 1 is 1.19 bits per heavy atom. The molecular formula is C11H8BrF2NS. The lowest BCUT2D eigenvalue weighted by molar-refractivity contribution is 0.584. The van der Waals surface area contributed by atoms with Gasteiger partial charge in [-0.1, -0.05) is 0 Å². The van der Waals surface area contributed by atoms with Crippen LogP contribution in [-0.2, 0) is 6.54 Å². The van der Waals surface area contributed by atoms with E-state index in [9.17, 15) is 8.78 Å². The lowest BCUT2D eigenvalue weighted by atomic mass is 10.3. The molecule has 1 nitrogen and oxygen atoms in total. The van der Waals surface area contributed by atoms with Gasteiger partial charge in [0.15, 0.2) is 0 Å². The maximum atomic E-state index is 12.9. The van der Waals surface area contributed by atoms with E-state index in [-0.39, 0.29) is 0 Å². The molecule has 2 rings (SSSR count). The molecule has 16 heavy (non-hydrogen) atoms. The highest BCUT2D eigenvalue weighted by Gasteiger charge is 2.03.